The molecule has 2 aromatic heterocycles. The summed E-state index contributed by atoms with van der Waals surface area (Å²) in [5, 5.41) is 2.25. The quantitative estimate of drug-likeness (QED) is 0.156. The van der Waals surface area contributed by atoms with Gasteiger partial charge in [-0.3, -0.25) is 0 Å². The zero-order valence-electron chi connectivity index (χ0n) is 32.4. The summed E-state index contributed by atoms with van der Waals surface area (Å²) >= 11 is 0. The Balaban J connectivity index is 0.00000450. The smallest absolute Gasteiger partial charge is 0.135 e. The van der Waals surface area contributed by atoms with E-state index < -0.39 is 0 Å². The van der Waals surface area contributed by atoms with E-state index in [1.165, 1.54) is 50.3 Å². The molecule has 0 radical (unpaired) electrons. The number of aromatic nitrogens is 2. The average molecular weight is 889 g/mol. The van der Waals surface area contributed by atoms with Crippen LogP contribution >= 0.6 is 0 Å². The van der Waals surface area contributed by atoms with Gasteiger partial charge in [-0.25, -0.2) is 4.98 Å². The Labute approximate surface area is 334 Å². The van der Waals surface area contributed by atoms with Crippen molar-refractivity contribution in [2.24, 2.45) is 0 Å². The van der Waals surface area contributed by atoms with Gasteiger partial charge in [-0.15, -0.1) is 48.1 Å². The fourth-order valence-corrected chi connectivity index (χ4v) is 7.59. The molecular weight excluding hydrogens is 844 g/mol. The van der Waals surface area contributed by atoms with Gasteiger partial charge in [0.15, 0.2) is 0 Å². The van der Waals surface area contributed by atoms with Gasteiger partial charge in [0.2, 0.25) is 0 Å². The summed E-state index contributed by atoms with van der Waals surface area (Å²) in [5.41, 5.74) is 15.4. The molecule has 7 aromatic rings. The Morgan fingerprint density at radius 3 is 2.09 bits per heavy atom. The second-order valence-electron chi connectivity index (χ2n) is 15.2. The van der Waals surface area contributed by atoms with Gasteiger partial charge >= 0.3 is 0 Å². The van der Waals surface area contributed by atoms with Crippen LogP contribution in [0.2, 0.25) is 0 Å². The van der Waals surface area contributed by atoms with E-state index in [0.29, 0.717) is 11.5 Å². The Bertz CT molecular complexity index is 2580. The van der Waals surface area contributed by atoms with E-state index in [2.05, 4.69) is 174 Å². The minimum Gasteiger partial charge on any atom is -0.509 e. The van der Waals surface area contributed by atoms with Gasteiger partial charge in [-0.05, 0) is 104 Å². The number of allylic oxidation sites excluding steroid dienone is 2. The van der Waals surface area contributed by atoms with E-state index in [1.807, 2.05) is 24.4 Å². The predicted octanol–water partition coefficient (Wildman–Crippen LogP) is 12.5. The first-order valence-electron chi connectivity index (χ1n) is 18.3. The minimum atomic E-state index is -0.00773. The Kier molecular flexibility index (Phi) is 9.83. The molecule has 0 unspecified atom stereocenters. The second-order valence-corrected chi connectivity index (χ2v) is 15.2. The van der Waals surface area contributed by atoms with Crippen LogP contribution in [-0.2, 0) is 26.5 Å². The summed E-state index contributed by atoms with van der Waals surface area (Å²) in [4.78, 5) is 9.38. The summed E-state index contributed by atoms with van der Waals surface area (Å²) in [6.45, 7) is 22.2. The zero-order valence-corrected chi connectivity index (χ0v) is 34.7. The SMILES string of the molecule is CC1=C(C)N(c2c(C)c(C)c(C)c(C)c2-c2ccccc2)[CH-]N1c1[c-]c(Oc2[c-]c3c(cc2)c2ccccc2n3-c2cc(C(C)(C)C)ccn2)ccc1.[Pt]. The summed E-state index contributed by atoms with van der Waals surface area (Å²) in [6, 6.07) is 40.8. The van der Waals surface area contributed by atoms with Crippen LogP contribution in [0.3, 0.4) is 0 Å². The van der Waals surface area contributed by atoms with Crippen molar-refractivity contribution in [1.29, 1.82) is 0 Å². The predicted molar refractivity (Wildman–Crippen MR) is 220 cm³/mol. The van der Waals surface area contributed by atoms with Crippen molar-refractivity contribution in [3.05, 3.63) is 161 Å². The fourth-order valence-electron chi connectivity index (χ4n) is 7.59. The first-order valence-corrected chi connectivity index (χ1v) is 18.3. The van der Waals surface area contributed by atoms with Crippen molar-refractivity contribution in [1.82, 2.24) is 9.55 Å². The number of hydrogen-bond acceptors (Lipinski definition) is 4. The summed E-state index contributed by atoms with van der Waals surface area (Å²) in [7, 11) is 0. The molecule has 1 aliphatic heterocycles. The van der Waals surface area contributed by atoms with Gasteiger partial charge in [0.25, 0.3) is 0 Å². The van der Waals surface area contributed by atoms with Crippen molar-refractivity contribution in [2.45, 2.75) is 67.7 Å². The molecule has 0 amide bonds. The maximum Gasteiger partial charge on any atom is 0.135 e. The minimum absolute atomic E-state index is 0. The number of hydrogen-bond donors (Lipinski definition) is 0. The molecule has 5 aromatic carbocycles. The molecule has 0 N–H and O–H groups in total. The molecule has 8 rings (SSSR count). The van der Waals surface area contributed by atoms with Crippen LogP contribution in [-0.4, -0.2) is 9.55 Å². The van der Waals surface area contributed by atoms with E-state index in [1.54, 1.807) is 0 Å². The molecule has 0 aliphatic carbocycles. The number of benzene rings is 5. The number of anilines is 2. The number of ether oxygens (including phenoxy) is 1. The zero-order chi connectivity index (χ0) is 37.2. The van der Waals surface area contributed by atoms with E-state index in [4.69, 9.17) is 9.72 Å². The van der Waals surface area contributed by atoms with Crippen LogP contribution in [0.5, 0.6) is 11.5 Å². The molecular formula is C48H45N4OPt-3. The van der Waals surface area contributed by atoms with Crippen LogP contribution in [0.25, 0.3) is 38.8 Å². The third-order valence-corrected chi connectivity index (χ3v) is 11.1. The van der Waals surface area contributed by atoms with Crippen LogP contribution < -0.4 is 14.5 Å². The Morgan fingerprint density at radius 1 is 0.648 bits per heavy atom. The van der Waals surface area contributed by atoms with Crippen LogP contribution in [0.15, 0.2) is 115 Å². The van der Waals surface area contributed by atoms with Crippen LogP contribution in [0.1, 0.15) is 62.4 Å². The second kappa shape index (κ2) is 14.3. The number of rotatable bonds is 6. The normalized spacial score (nSPS) is 13.3. The standard InChI is InChI=1S/C48H45N4O.Pt/c1-30-31(2)33(4)47(46(32(30)3)36-16-11-10-12-17-36)51-29-50(34(5)35(51)6)38-18-15-19-39(27-38)53-40-22-23-42-41-20-13-14-21-43(41)52(44(42)28-40)45-26-37(24-25-49-45)48(7,8)9;/h10-26,29H,1-9H3;/q-3;. The first kappa shape index (κ1) is 37.2. The molecule has 1 aliphatic rings. The van der Waals surface area contributed by atoms with Crippen molar-refractivity contribution in [2.75, 3.05) is 9.80 Å². The van der Waals surface area contributed by atoms with E-state index in [-0.39, 0.29) is 26.5 Å². The molecule has 0 saturated carbocycles. The summed E-state index contributed by atoms with van der Waals surface area (Å²) < 4.78 is 8.74. The molecule has 6 heteroatoms. The monoisotopic (exact) mass is 888 g/mol. The van der Waals surface area contributed by atoms with Crippen LogP contribution in [0.4, 0.5) is 11.4 Å². The Morgan fingerprint density at radius 2 is 1.33 bits per heavy atom. The maximum absolute atomic E-state index is 6.55. The van der Waals surface area contributed by atoms with Gasteiger partial charge < -0.3 is 19.1 Å². The van der Waals surface area contributed by atoms with E-state index in [0.717, 1.165) is 39.0 Å². The van der Waals surface area contributed by atoms with Crippen molar-refractivity contribution < 1.29 is 25.8 Å². The molecule has 5 nitrogen and oxygen atoms in total. The topological polar surface area (TPSA) is 33.5 Å². The molecule has 0 fully saturated rings. The van der Waals surface area contributed by atoms with Gasteiger partial charge in [-0.2, -0.15) is 12.1 Å². The maximum atomic E-state index is 6.55. The van der Waals surface area contributed by atoms with Gasteiger partial charge in [0.1, 0.15) is 5.82 Å². The summed E-state index contributed by atoms with van der Waals surface area (Å²) in [5.74, 6) is 2.10. The molecule has 0 bridgehead atoms. The van der Waals surface area contributed by atoms with E-state index in [9.17, 15) is 0 Å². The van der Waals surface area contributed by atoms with Crippen molar-refractivity contribution in [3.8, 4) is 28.4 Å². The number of pyridine rings is 1. The number of para-hydroxylation sites is 1. The molecule has 0 spiro atoms. The molecule has 0 saturated heterocycles. The van der Waals surface area contributed by atoms with E-state index >= 15 is 0 Å². The third-order valence-electron chi connectivity index (χ3n) is 11.1. The van der Waals surface area contributed by atoms with Crippen molar-refractivity contribution >= 4 is 33.2 Å². The Hall–Kier alpha value is -5.12. The summed E-state index contributed by atoms with van der Waals surface area (Å²) in [6.07, 6.45) is 1.90. The van der Waals surface area contributed by atoms with Crippen molar-refractivity contribution in [3.63, 3.8) is 0 Å². The fraction of sp³-hybridized carbons (Fsp3) is 0.208. The molecule has 276 valence electrons. The molecule has 3 heterocycles. The first-order chi connectivity index (χ1) is 25.4. The van der Waals surface area contributed by atoms with Gasteiger partial charge in [0, 0.05) is 66.9 Å². The number of fused-ring (bicyclic) bond motifs is 3. The van der Waals surface area contributed by atoms with Gasteiger partial charge in [-0.1, -0.05) is 74.8 Å². The average Bonchev–Trinajstić information content (AvgIpc) is 3.65. The van der Waals surface area contributed by atoms with Gasteiger partial charge in [0.05, 0.1) is 0 Å². The third kappa shape index (κ3) is 6.33. The molecule has 54 heavy (non-hydrogen) atoms. The molecule has 0 atom stereocenters. The largest absolute Gasteiger partial charge is 0.509 e. The van der Waals surface area contributed by atoms with Crippen LogP contribution in [0, 0.1) is 46.5 Å². The number of nitrogens with zero attached hydrogens (tertiary/aromatic N) is 4.